The van der Waals surface area contributed by atoms with Crippen molar-refractivity contribution in [3.05, 3.63) is 45.8 Å². The number of aromatic nitrogens is 2. The second-order valence-electron chi connectivity index (χ2n) is 9.02. The highest BCUT2D eigenvalue weighted by atomic mass is 32.1. The third-order valence-corrected chi connectivity index (χ3v) is 8.02. The largest absolute Gasteiger partial charge is 0.397 e. The molecule has 3 atom stereocenters. The van der Waals surface area contributed by atoms with Crippen molar-refractivity contribution in [2.24, 2.45) is 0 Å². The van der Waals surface area contributed by atoms with Crippen LogP contribution in [-0.4, -0.2) is 61.3 Å². The first-order valence-electron chi connectivity index (χ1n) is 11.5. The van der Waals surface area contributed by atoms with Crippen molar-refractivity contribution < 1.29 is 13.9 Å². The van der Waals surface area contributed by atoms with Gasteiger partial charge < -0.3 is 26.0 Å². The molecule has 34 heavy (non-hydrogen) atoms. The van der Waals surface area contributed by atoms with Crippen molar-refractivity contribution in [1.82, 2.24) is 20.6 Å². The monoisotopic (exact) mass is 484 g/mol. The second kappa shape index (κ2) is 9.09. The van der Waals surface area contributed by atoms with Crippen LogP contribution >= 0.6 is 11.3 Å². The van der Waals surface area contributed by atoms with Gasteiger partial charge in [0, 0.05) is 37.3 Å². The maximum absolute atomic E-state index is 13.9. The molecule has 2 aliphatic rings. The first-order valence-corrected chi connectivity index (χ1v) is 12.3. The minimum atomic E-state index is -0.423. The number of nitrogens with two attached hydrogens (primary N) is 1. The Kier molecular flexibility index (Phi) is 6.13. The Balaban J connectivity index is 1.28. The Morgan fingerprint density at radius 2 is 2.15 bits per heavy atom. The Morgan fingerprint density at radius 1 is 1.32 bits per heavy atom. The Bertz CT molecular complexity index is 1240. The van der Waals surface area contributed by atoms with Gasteiger partial charge in [0.15, 0.2) is 0 Å². The van der Waals surface area contributed by atoms with Crippen LogP contribution in [0.3, 0.4) is 0 Å². The standard InChI is InChI=1S/C24H29FN6O2S/c1-12-16(25)9-15-21(26)22(34-24(15)28-12)23(32)29-14-5-6-17-13(8-14)4-7-20(30-17)31-10-18(27-2)19(11-31)33-3/h4,7,9,14,18-19,27H,5-6,8,10-11,26H2,1-3H3,(H,29,32). The van der Waals surface area contributed by atoms with Crippen LogP contribution in [0.15, 0.2) is 18.2 Å². The SMILES string of the molecule is CNC1CN(c2ccc3c(n2)CCC(NC(=O)c2sc4nc(C)c(F)cc4c2N)C3)CC1OC. The van der Waals surface area contributed by atoms with E-state index in [1.54, 1.807) is 14.0 Å². The fourth-order valence-corrected chi connectivity index (χ4v) is 5.93. The molecule has 3 aromatic heterocycles. The Hall–Kier alpha value is -2.82. The number of nitrogen functional groups attached to an aromatic ring is 1. The summed E-state index contributed by atoms with van der Waals surface area (Å²) in [6.07, 6.45) is 2.44. The molecule has 4 N–H and O–H groups in total. The molecule has 0 saturated carbocycles. The fourth-order valence-electron chi connectivity index (χ4n) is 4.90. The molecule has 0 spiro atoms. The van der Waals surface area contributed by atoms with E-state index in [-0.39, 0.29) is 29.8 Å². The average Bonchev–Trinajstić information content (AvgIpc) is 3.40. The molecule has 10 heteroatoms. The molecule has 4 heterocycles. The highest BCUT2D eigenvalue weighted by Crippen LogP contribution is 2.34. The van der Waals surface area contributed by atoms with Crippen LogP contribution in [0, 0.1) is 12.7 Å². The zero-order chi connectivity index (χ0) is 24.0. The van der Waals surface area contributed by atoms with Gasteiger partial charge in [-0.25, -0.2) is 14.4 Å². The number of nitrogens with zero attached hydrogens (tertiary/aromatic N) is 3. The van der Waals surface area contributed by atoms with E-state index in [4.69, 9.17) is 15.5 Å². The van der Waals surface area contributed by atoms with Crippen LogP contribution < -0.4 is 21.3 Å². The van der Waals surface area contributed by atoms with Crippen LogP contribution in [0.1, 0.15) is 33.0 Å². The lowest BCUT2D eigenvalue weighted by atomic mass is 9.91. The molecule has 180 valence electrons. The minimum Gasteiger partial charge on any atom is -0.397 e. The quantitative estimate of drug-likeness (QED) is 0.511. The number of aryl methyl sites for hydroxylation is 2. The van der Waals surface area contributed by atoms with E-state index in [1.807, 2.05) is 7.05 Å². The first kappa shape index (κ1) is 22.9. The molecule has 1 aliphatic carbocycles. The summed E-state index contributed by atoms with van der Waals surface area (Å²) < 4.78 is 19.5. The van der Waals surface area contributed by atoms with Crippen molar-refractivity contribution in [3.63, 3.8) is 0 Å². The lowest BCUT2D eigenvalue weighted by Crippen LogP contribution is -2.39. The number of thiophene rings is 1. The number of anilines is 2. The number of fused-ring (bicyclic) bond motifs is 2. The molecule has 0 radical (unpaired) electrons. The lowest BCUT2D eigenvalue weighted by molar-refractivity contribution is 0.0938. The summed E-state index contributed by atoms with van der Waals surface area (Å²) in [4.78, 5) is 25.4. The number of ether oxygens (including phenoxy) is 1. The Labute approximate surface area is 201 Å². The van der Waals surface area contributed by atoms with Gasteiger partial charge in [0.25, 0.3) is 5.91 Å². The van der Waals surface area contributed by atoms with Crippen molar-refractivity contribution in [2.75, 3.05) is 37.9 Å². The summed E-state index contributed by atoms with van der Waals surface area (Å²) in [5.41, 5.74) is 8.99. The van der Waals surface area contributed by atoms with E-state index >= 15 is 0 Å². The van der Waals surface area contributed by atoms with E-state index in [1.165, 1.54) is 17.4 Å². The highest BCUT2D eigenvalue weighted by Gasteiger charge is 2.33. The van der Waals surface area contributed by atoms with Gasteiger partial charge in [0.1, 0.15) is 21.3 Å². The maximum Gasteiger partial charge on any atom is 0.263 e. The van der Waals surface area contributed by atoms with E-state index in [2.05, 4.69) is 32.7 Å². The molecule has 3 aromatic rings. The third kappa shape index (κ3) is 4.10. The lowest BCUT2D eigenvalue weighted by Gasteiger charge is -2.26. The van der Waals surface area contributed by atoms with Crippen LogP contribution in [0.5, 0.6) is 0 Å². The number of carbonyl (C=O) groups is 1. The molecular formula is C24H29FN6O2S. The minimum absolute atomic E-state index is 0.0120. The fraction of sp³-hybridized carbons (Fsp3) is 0.458. The Morgan fingerprint density at radius 3 is 2.88 bits per heavy atom. The van der Waals surface area contributed by atoms with Gasteiger partial charge >= 0.3 is 0 Å². The molecule has 1 fully saturated rings. The predicted octanol–water partition coefficient (Wildman–Crippen LogP) is 2.43. The summed E-state index contributed by atoms with van der Waals surface area (Å²) >= 11 is 1.20. The number of carbonyl (C=O) groups excluding carboxylic acids is 1. The van der Waals surface area contributed by atoms with Gasteiger partial charge in [0.2, 0.25) is 0 Å². The normalized spacial score (nSPS) is 22.2. The number of hydrogen-bond donors (Lipinski definition) is 3. The second-order valence-corrected chi connectivity index (χ2v) is 10.0. The molecule has 5 rings (SSSR count). The van der Waals surface area contributed by atoms with Gasteiger partial charge in [0.05, 0.1) is 23.5 Å². The van der Waals surface area contributed by atoms with E-state index in [9.17, 15) is 9.18 Å². The summed E-state index contributed by atoms with van der Waals surface area (Å²) in [6, 6.07) is 5.80. The number of nitrogens with one attached hydrogen (secondary N) is 2. The van der Waals surface area contributed by atoms with Gasteiger partial charge in [-0.15, -0.1) is 11.3 Å². The molecule has 1 saturated heterocycles. The molecule has 1 amide bonds. The summed E-state index contributed by atoms with van der Waals surface area (Å²) in [7, 11) is 3.70. The van der Waals surface area contributed by atoms with Gasteiger partial charge in [-0.05, 0) is 50.9 Å². The average molecular weight is 485 g/mol. The number of pyridine rings is 2. The number of likely N-dealkylation sites (N-methyl/N-ethyl adjacent to an activating group) is 1. The van der Waals surface area contributed by atoms with Crippen LogP contribution in [0.2, 0.25) is 0 Å². The number of hydrogen-bond acceptors (Lipinski definition) is 8. The van der Waals surface area contributed by atoms with Crippen LogP contribution in [-0.2, 0) is 17.6 Å². The summed E-state index contributed by atoms with van der Waals surface area (Å²) in [5, 5.41) is 6.92. The summed E-state index contributed by atoms with van der Waals surface area (Å²) in [6.45, 7) is 3.26. The maximum atomic E-state index is 13.9. The number of methoxy groups -OCH3 is 1. The van der Waals surface area contributed by atoms with E-state index < -0.39 is 5.82 Å². The van der Waals surface area contributed by atoms with Crippen LogP contribution in [0.25, 0.3) is 10.2 Å². The van der Waals surface area contributed by atoms with Crippen LogP contribution in [0.4, 0.5) is 15.9 Å². The zero-order valence-electron chi connectivity index (χ0n) is 19.5. The van der Waals surface area contributed by atoms with E-state index in [0.717, 1.165) is 43.0 Å². The summed E-state index contributed by atoms with van der Waals surface area (Å²) in [5.74, 6) is 0.305. The topological polar surface area (TPSA) is 105 Å². The highest BCUT2D eigenvalue weighted by molar-refractivity contribution is 7.21. The zero-order valence-corrected chi connectivity index (χ0v) is 20.3. The molecular weight excluding hydrogens is 455 g/mol. The molecule has 0 aromatic carbocycles. The predicted molar refractivity (Wildman–Crippen MR) is 132 cm³/mol. The third-order valence-electron chi connectivity index (χ3n) is 6.90. The molecule has 3 unspecified atom stereocenters. The van der Waals surface area contributed by atoms with Crippen molar-refractivity contribution in [3.8, 4) is 0 Å². The van der Waals surface area contributed by atoms with Crippen molar-refractivity contribution in [2.45, 2.75) is 44.4 Å². The van der Waals surface area contributed by atoms with Gasteiger partial charge in [-0.2, -0.15) is 0 Å². The molecule has 1 aliphatic heterocycles. The first-order chi connectivity index (χ1) is 16.4. The van der Waals surface area contributed by atoms with Crippen molar-refractivity contribution in [1.29, 1.82) is 0 Å². The number of rotatable bonds is 5. The van der Waals surface area contributed by atoms with E-state index in [0.29, 0.717) is 27.2 Å². The van der Waals surface area contributed by atoms with Gasteiger partial charge in [-0.3, -0.25) is 4.79 Å². The van der Waals surface area contributed by atoms with Gasteiger partial charge in [-0.1, -0.05) is 6.07 Å². The smallest absolute Gasteiger partial charge is 0.263 e. The van der Waals surface area contributed by atoms with Crippen molar-refractivity contribution >= 4 is 39.0 Å². The molecule has 0 bridgehead atoms. The number of amides is 1. The molecule has 8 nitrogen and oxygen atoms in total. The number of halogens is 1.